The lowest BCUT2D eigenvalue weighted by atomic mass is 10.3. The monoisotopic (exact) mass is 309 g/mol. The topological polar surface area (TPSA) is 106 Å². The number of aliphatic imine (C=N–C) groups is 1. The second kappa shape index (κ2) is 4.84. The first kappa shape index (κ1) is 13.0. The van der Waals surface area contributed by atoms with Gasteiger partial charge in [0.25, 0.3) is 5.69 Å². The molecule has 7 nitrogen and oxygen atoms in total. The number of thioether (sulfide) groups is 1. The number of benzene rings is 1. The van der Waals surface area contributed by atoms with Crippen molar-refractivity contribution in [3.05, 3.63) is 33.3 Å². The number of aliphatic carboxylic acids is 1. The Bertz CT molecular complexity index is 755. The molecule has 1 unspecified atom stereocenters. The zero-order chi connectivity index (χ0) is 14.3. The molecule has 0 amide bonds. The van der Waals surface area contributed by atoms with Crippen LogP contribution in [0.5, 0.6) is 0 Å². The zero-order valence-corrected chi connectivity index (χ0v) is 11.5. The second-order valence-electron chi connectivity index (χ2n) is 4.03. The summed E-state index contributed by atoms with van der Waals surface area (Å²) in [5.74, 6) is -0.565. The smallest absolute Gasteiger partial charge is 0.329 e. The summed E-state index contributed by atoms with van der Waals surface area (Å²) in [5.41, 5.74) is 0.514. The van der Waals surface area contributed by atoms with Crippen LogP contribution in [-0.2, 0) is 4.79 Å². The van der Waals surface area contributed by atoms with Gasteiger partial charge >= 0.3 is 5.97 Å². The molecule has 2 heterocycles. The Hall–Kier alpha value is -2.00. The van der Waals surface area contributed by atoms with Gasteiger partial charge in [0.1, 0.15) is 10.1 Å². The van der Waals surface area contributed by atoms with E-state index in [9.17, 15) is 14.9 Å². The number of carbonyl (C=O) groups is 1. The van der Waals surface area contributed by atoms with E-state index in [1.807, 2.05) is 0 Å². The van der Waals surface area contributed by atoms with Crippen molar-refractivity contribution in [3.8, 4) is 0 Å². The summed E-state index contributed by atoms with van der Waals surface area (Å²) < 4.78 is 0.813. The summed E-state index contributed by atoms with van der Waals surface area (Å²) in [6, 6.07) is 3.73. The van der Waals surface area contributed by atoms with Crippen LogP contribution in [0.15, 0.2) is 23.2 Å². The van der Waals surface area contributed by atoms with Gasteiger partial charge in [0.2, 0.25) is 0 Å². The third kappa shape index (κ3) is 2.25. The molecule has 3 rings (SSSR count). The maximum atomic E-state index is 10.9. The number of hydrogen-bond donors (Lipinski definition) is 1. The van der Waals surface area contributed by atoms with Gasteiger partial charge in [0, 0.05) is 17.9 Å². The molecule has 9 heteroatoms. The Morgan fingerprint density at radius 3 is 2.95 bits per heavy atom. The molecule has 1 atom stereocenters. The Kier molecular flexibility index (Phi) is 3.14. The number of aromatic nitrogens is 1. The lowest BCUT2D eigenvalue weighted by Gasteiger charge is -1.93. The Morgan fingerprint density at radius 2 is 2.30 bits per heavy atom. The van der Waals surface area contributed by atoms with E-state index in [4.69, 9.17) is 5.11 Å². The van der Waals surface area contributed by atoms with Crippen molar-refractivity contribution >= 4 is 50.0 Å². The fourth-order valence-electron chi connectivity index (χ4n) is 1.74. The molecule has 1 aromatic carbocycles. The molecule has 0 bridgehead atoms. The minimum Gasteiger partial charge on any atom is -0.480 e. The van der Waals surface area contributed by atoms with Crippen molar-refractivity contribution in [3.63, 3.8) is 0 Å². The molecule has 102 valence electrons. The molecule has 1 N–H and O–H groups in total. The van der Waals surface area contributed by atoms with Crippen LogP contribution < -0.4 is 0 Å². The zero-order valence-electron chi connectivity index (χ0n) is 9.85. The van der Waals surface area contributed by atoms with Crippen LogP contribution in [0, 0.1) is 10.1 Å². The van der Waals surface area contributed by atoms with Gasteiger partial charge in [-0.25, -0.2) is 9.78 Å². The van der Waals surface area contributed by atoms with Crippen molar-refractivity contribution in [2.45, 2.75) is 6.04 Å². The number of rotatable bonds is 3. The Balaban J connectivity index is 1.99. The fraction of sp³-hybridized carbons (Fsp3) is 0.182. The second-order valence-corrected chi connectivity index (χ2v) is 6.07. The molecule has 1 aromatic heterocycles. The molecule has 0 radical (unpaired) electrons. The van der Waals surface area contributed by atoms with Gasteiger partial charge in [0.15, 0.2) is 6.04 Å². The lowest BCUT2D eigenvalue weighted by Crippen LogP contribution is -2.17. The van der Waals surface area contributed by atoms with Crippen LogP contribution in [0.1, 0.15) is 5.01 Å². The molecule has 20 heavy (non-hydrogen) atoms. The third-order valence-corrected chi connectivity index (χ3v) is 4.93. The summed E-state index contributed by atoms with van der Waals surface area (Å²) in [7, 11) is 0. The molecular formula is C11H7N3O4S2. The van der Waals surface area contributed by atoms with Gasteiger partial charge in [0.05, 0.1) is 15.1 Å². The highest BCUT2D eigenvalue weighted by molar-refractivity contribution is 8.15. The molecule has 0 fully saturated rings. The van der Waals surface area contributed by atoms with Gasteiger partial charge in [-0.15, -0.1) is 23.1 Å². The number of carboxylic acid groups (broad SMARTS) is 1. The number of nitro benzene ring substituents is 1. The third-order valence-electron chi connectivity index (χ3n) is 2.70. The van der Waals surface area contributed by atoms with Crippen LogP contribution in [0.3, 0.4) is 0 Å². The molecule has 0 saturated heterocycles. The Labute approximate surface area is 120 Å². The van der Waals surface area contributed by atoms with Crippen molar-refractivity contribution in [1.82, 2.24) is 4.98 Å². The first-order valence-electron chi connectivity index (χ1n) is 5.53. The highest BCUT2D eigenvalue weighted by Crippen LogP contribution is 2.31. The van der Waals surface area contributed by atoms with Crippen molar-refractivity contribution in [1.29, 1.82) is 0 Å². The molecule has 1 aliphatic rings. The fourth-order valence-corrected chi connectivity index (χ4v) is 3.78. The number of thiazole rings is 1. The van der Waals surface area contributed by atoms with Crippen molar-refractivity contribution in [2.24, 2.45) is 4.99 Å². The van der Waals surface area contributed by atoms with E-state index in [0.29, 0.717) is 21.3 Å². The van der Waals surface area contributed by atoms with E-state index in [-0.39, 0.29) is 5.69 Å². The van der Waals surface area contributed by atoms with Crippen LogP contribution in [0.2, 0.25) is 0 Å². The van der Waals surface area contributed by atoms with Crippen molar-refractivity contribution in [2.75, 3.05) is 5.75 Å². The predicted molar refractivity (Wildman–Crippen MR) is 76.7 cm³/mol. The maximum absolute atomic E-state index is 10.9. The molecule has 0 spiro atoms. The average Bonchev–Trinajstić information content (AvgIpc) is 3.04. The molecule has 1 aliphatic heterocycles. The van der Waals surface area contributed by atoms with E-state index in [1.165, 1.54) is 35.2 Å². The molecular weight excluding hydrogens is 302 g/mol. The van der Waals surface area contributed by atoms with Gasteiger partial charge in [-0.3, -0.25) is 15.1 Å². The van der Waals surface area contributed by atoms with Gasteiger partial charge < -0.3 is 5.11 Å². The number of non-ortho nitro benzene ring substituents is 1. The van der Waals surface area contributed by atoms with E-state index < -0.39 is 16.9 Å². The number of nitro groups is 1. The van der Waals surface area contributed by atoms with Crippen LogP contribution in [0.25, 0.3) is 10.2 Å². The molecule has 2 aromatic rings. The summed E-state index contributed by atoms with van der Waals surface area (Å²) >= 11 is 2.69. The van der Waals surface area contributed by atoms with Gasteiger partial charge in [-0.1, -0.05) is 0 Å². The minimum absolute atomic E-state index is 0.0150. The molecule has 0 saturated carbocycles. The van der Waals surface area contributed by atoms with E-state index in [2.05, 4.69) is 9.98 Å². The van der Waals surface area contributed by atoms with Crippen LogP contribution in [-0.4, -0.2) is 37.8 Å². The predicted octanol–water partition coefficient (Wildman–Crippen LogP) is 2.15. The van der Waals surface area contributed by atoms with Gasteiger partial charge in [-0.05, 0) is 6.07 Å². The van der Waals surface area contributed by atoms with Crippen LogP contribution >= 0.6 is 23.1 Å². The lowest BCUT2D eigenvalue weighted by molar-refractivity contribution is -0.384. The van der Waals surface area contributed by atoms with Crippen molar-refractivity contribution < 1.29 is 14.8 Å². The van der Waals surface area contributed by atoms with Gasteiger partial charge in [-0.2, -0.15) is 0 Å². The van der Waals surface area contributed by atoms with Crippen LogP contribution in [0.4, 0.5) is 5.69 Å². The Morgan fingerprint density at radius 1 is 1.50 bits per heavy atom. The molecule has 0 aliphatic carbocycles. The SMILES string of the molecule is O=C(O)C1CSC(c2nc3cc([N+](=O)[O-])ccc3s2)=N1. The highest BCUT2D eigenvalue weighted by Gasteiger charge is 2.27. The van der Waals surface area contributed by atoms with E-state index >= 15 is 0 Å². The van der Waals surface area contributed by atoms with E-state index in [0.717, 1.165) is 4.70 Å². The number of nitrogens with zero attached hydrogens (tertiary/aromatic N) is 3. The normalized spacial score (nSPS) is 18.2. The number of carboxylic acids is 1. The number of hydrogen-bond acceptors (Lipinski definition) is 7. The summed E-state index contributed by atoms with van der Waals surface area (Å²) in [4.78, 5) is 29.5. The minimum atomic E-state index is -0.954. The highest BCUT2D eigenvalue weighted by atomic mass is 32.2. The average molecular weight is 309 g/mol. The maximum Gasteiger partial charge on any atom is 0.329 e. The first-order chi connectivity index (χ1) is 9.54. The first-order valence-corrected chi connectivity index (χ1v) is 7.33. The summed E-state index contributed by atoms with van der Waals surface area (Å²) in [5, 5.41) is 20.8. The standard InChI is InChI=1S/C11H7N3O4S2/c15-11(16)7-4-19-9(13-7)10-12-6-3-5(14(17)18)1-2-8(6)20-10/h1-3,7H,4H2,(H,15,16). The largest absolute Gasteiger partial charge is 0.480 e. The number of fused-ring (bicyclic) bond motifs is 1. The summed E-state index contributed by atoms with van der Waals surface area (Å²) in [6.45, 7) is 0. The van der Waals surface area contributed by atoms with E-state index in [1.54, 1.807) is 6.07 Å². The summed E-state index contributed by atoms with van der Waals surface area (Å²) in [6.07, 6.45) is 0. The quantitative estimate of drug-likeness (QED) is 0.688.